The van der Waals surface area contributed by atoms with Crippen LogP contribution in [0.5, 0.6) is 0 Å². The zero-order valence-electron chi connectivity index (χ0n) is 11.9. The lowest BCUT2D eigenvalue weighted by molar-refractivity contribution is -0.138. The number of carbonyl (C=O) groups excluding carboxylic acids is 1. The van der Waals surface area contributed by atoms with Gasteiger partial charge in [0.25, 0.3) is 0 Å². The largest absolute Gasteiger partial charge is 0.481 e. The number of aliphatic carboxylic acids is 1. The molecule has 0 radical (unpaired) electrons. The van der Waals surface area contributed by atoms with E-state index in [0.29, 0.717) is 19.0 Å². The maximum absolute atomic E-state index is 11.6. The Bertz CT molecular complexity index is 301. The molecule has 3 N–H and O–H groups in total. The summed E-state index contributed by atoms with van der Waals surface area (Å²) < 4.78 is 0. The van der Waals surface area contributed by atoms with Crippen LogP contribution in [-0.4, -0.2) is 30.2 Å². The molecule has 5 nitrogen and oxygen atoms in total. The standard InChI is InChI=1S/C14H26N2O3/c1-10(2)7-12(8-13(17)18)9-16-14(19)15-6-5-11-3-4-11/h10-12H,3-9H2,1-2H3,(H,17,18)(H2,15,16,19)/t12-/m0/s1. The molecule has 0 aromatic rings. The van der Waals surface area contributed by atoms with Crippen LogP contribution in [0.15, 0.2) is 0 Å². The summed E-state index contributed by atoms with van der Waals surface area (Å²) >= 11 is 0. The lowest BCUT2D eigenvalue weighted by Crippen LogP contribution is -2.39. The Balaban J connectivity index is 2.16. The van der Waals surface area contributed by atoms with Gasteiger partial charge in [0.15, 0.2) is 0 Å². The number of rotatable bonds is 9. The van der Waals surface area contributed by atoms with Gasteiger partial charge in [0.1, 0.15) is 0 Å². The summed E-state index contributed by atoms with van der Waals surface area (Å²) in [6.45, 7) is 5.26. The van der Waals surface area contributed by atoms with E-state index in [9.17, 15) is 9.59 Å². The molecule has 1 aliphatic rings. The van der Waals surface area contributed by atoms with E-state index in [1.807, 2.05) is 0 Å². The Labute approximate surface area is 115 Å². The topological polar surface area (TPSA) is 78.4 Å². The van der Waals surface area contributed by atoms with Crippen molar-refractivity contribution in [2.45, 2.75) is 46.0 Å². The average molecular weight is 270 g/mol. The second-order valence-corrected chi connectivity index (χ2v) is 5.96. The third kappa shape index (κ3) is 8.46. The van der Waals surface area contributed by atoms with E-state index in [1.165, 1.54) is 12.8 Å². The number of amides is 2. The SMILES string of the molecule is CC(C)C[C@H](CNC(=O)NCCC1CC1)CC(=O)O. The zero-order valence-corrected chi connectivity index (χ0v) is 11.9. The van der Waals surface area contributed by atoms with Crippen LogP contribution in [0.3, 0.4) is 0 Å². The molecule has 0 aromatic heterocycles. The van der Waals surface area contributed by atoms with E-state index in [4.69, 9.17) is 5.11 Å². The fourth-order valence-corrected chi connectivity index (χ4v) is 2.25. The first kappa shape index (κ1) is 15.8. The minimum Gasteiger partial charge on any atom is -0.481 e. The van der Waals surface area contributed by atoms with Crippen molar-refractivity contribution in [3.05, 3.63) is 0 Å². The highest BCUT2D eigenvalue weighted by atomic mass is 16.4. The molecule has 1 fully saturated rings. The van der Waals surface area contributed by atoms with Crippen LogP contribution in [0.1, 0.15) is 46.0 Å². The summed E-state index contributed by atoms with van der Waals surface area (Å²) in [6.07, 6.45) is 4.56. The van der Waals surface area contributed by atoms with E-state index in [-0.39, 0.29) is 18.4 Å². The molecule has 0 aliphatic heterocycles. The van der Waals surface area contributed by atoms with Crippen molar-refractivity contribution < 1.29 is 14.7 Å². The molecule has 0 spiro atoms. The Hall–Kier alpha value is -1.26. The molecular weight excluding hydrogens is 244 g/mol. The molecule has 1 rings (SSSR count). The summed E-state index contributed by atoms with van der Waals surface area (Å²) in [5.74, 6) is 0.443. The summed E-state index contributed by atoms with van der Waals surface area (Å²) in [7, 11) is 0. The average Bonchev–Trinajstić information content (AvgIpc) is 3.08. The fraction of sp³-hybridized carbons (Fsp3) is 0.857. The third-order valence-corrected chi connectivity index (χ3v) is 3.35. The van der Waals surface area contributed by atoms with Gasteiger partial charge in [-0.25, -0.2) is 4.79 Å². The lowest BCUT2D eigenvalue weighted by atomic mass is 9.94. The van der Waals surface area contributed by atoms with Crippen LogP contribution in [0, 0.1) is 17.8 Å². The van der Waals surface area contributed by atoms with Crippen molar-refractivity contribution in [3.8, 4) is 0 Å². The molecule has 0 aromatic carbocycles. The molecule has 1 aliphatic carbocycles. The van der Waals surface area contributed by atoms with Crippen molar-refractivity contribution in [3.63, 3.8) is 0 Å². The first-order valence-electron chi connectivity index (χ1n) is 7.20. The van der Waals surface area contributed by atoms with Crippen molar-refractivity contribution in [2.24, 2.45) is 17.8 Å². The first-order valence-corrected chi connectivity index (χ1v) is 7.20. The third-order valence-electron chi connectivity index (χ3n) is 3.35. The summed E-state index contributed by atoms with van der Waals surface area (Å²) in [5, 5.41) is 14.4. The summed E-state index contributed by atoms with van der Waals surface area (Å²) in [4.78, 5) is 22.3. The number of carbonyl (C=O) groups is 2. The molecule has 1 saturated carbocycles. The number of nitrogens with one attached hydrogen (secondary N) is 2. The van der Waals surface area contributed by atoms with E-state index in [2.05, 4.69) is 24.5 Å². The quantitative estimate of drug-likeness (QED) is 0.601. The van der Waals surface area contributed by atoms with Crippen molar-refractivity contribution >= 4 is 12.0 Å². The van der Waals surface area contributed by atoms with Gasteiger partial charge >= 0.3 is 12.0 Å². The predicted octanol–water partition coefficient (Wildman–Crippen LogP) is 2.22. The van der Waals surface area contributed by atoms with Gasteiger partial charge in [-0.3, -0.25) is 4.79 Å². The molecule has 5 heteroatoms. The van der Waals surface area contributed by atoms with Crippen molar-refractivity contribution in [1.82, 2.24) is 10.6 Å². The predicted molar refractivity (Wildman–Crippen MR) is 73.9 cm³/mol. The molecule has 0 heterocycles. The number of hydrogen-bond donors (Lipinski definition) is 3. The Morgan fingerprint density at radius 2 is 1.95 bits per heavy atom. The highest BCUT2D eigenvalue weighted by Crippen LogP contribution is 2.31. The molecule has 110 valence electrons. The van der Waals surface area contributed by atoms with Gasteiger partial charge in [-0.1, -0.05) is 26.7 Å². The highest BCUT2D eigenvalue weighted by molar-refractivity contribution is 5.74. The lowest BCUT2D eigenvalue weighted by Gasteiger charge is -2.18. The van der Waals surface area contributed by atoms with E-state index in [1.54, 1.807) is 0 Å². The number of carboxylic acids is 1. The second-order valence-electron chi connectivity index (χ2n) is 5.96. The fourth-order valence-electron chi connectivity index (χ4n) is 2.25. The van der Waals surface area contributed by atoms with Gasteiger partial charge in [-0.2, -0.15) is 0 Å². The van der Waals surface area contributed by atoms with Gasteiger partial charge in [0.2, 0.25) is 0 Å². The summed E-state index contributed by atoms with van der Waals surface area (Å²) in [6, 6.07) is -0.181. The highest BCUT2D eigenvalue weighted by Gasteiger charge is 2.20. The van der Waals surface area contributed by atoms with Gasteiger partial charge in [-0.15, -0.1) is 0 Å². The number of carboxylic acid groups (broad SMARTS) is 1. The van der Waals surface area contributed by atoms with Crippen LogP contribution < -0.4 is 10.6 Å². The van der Waals surface area contributed by atoms with Crippen molar-refractivity contribution in [1.29, 1.82) is 0 Å². The van der Waals surface area contributed by atoms with E-state index >= 15 is 0 Å². The molecule has 0 unspecified atom stereocenters. The smallest absolute Gasteiger partial charge is 0.314 e. The summed E-state index contributed by atoms with van der Waals surface area (Å²) in [5.41, 5.74) is 0. The Morgan fingerprint density at radius 1 is 1.26 bits per heavy atom. The van der Waals surface area contributed by atoms with Crippen molar-refractivity contribution in [2.75, 3.05) is 13.1 Å². The maximum Gasteiger partial charge on any atom is 0.314 e. The molecule has 1 atom stereocenters. The maximum atomic E-state index is 11.6. The first-order chi connectivity index (χ1) is 8.97. The van der Waals surface area contributed by atoms with Gasteiger partial charge in [0.05, 0.1) is 0 Å². The van der Waals surface area contributed by atoms with Crippen LogP contribution >= 0.6 is 0 Å². The van der Waals surface area contributed by atoms with Crippen LogP contribution in [0.2, 0.25) is 0 Å². The van der Waals surface area contributed by atoms with Gasteiger partial charge in [-0.05, 0) is 30.6 Å². The Morgan fingerprint density at radius 3 is 2.47 bits per heavy atom. The number of hydrogen-bond acceptors (Lipinski definition) is 2. The van der Waals surface area contributed by atoms with E-state index < -0.39 is 5.97 Å². The van der Waals surface area contributed by atoms with Gasteiger partial charge < -0.3 is 15.7 Å². The normalized spacial score (nSPS) is 16.2. The molecule has 2 amide bonds. The molecular formula is C14H26N2O3. The molecule has 19 heavy (non-hydrogen) atoms. The molecule has 0 saturated heterocycles. The Kier molecular flexibility index (Phi) is 6.67. The minimum atomic E-state index is -0.804. The van der Waals surface area contributed by atoms with Crippen LogP contribution in [-0.2, 0) is 4.79 Å². The molecule has 0 bridgehead atoms. The minimum absolute atomic E-state index is 0.00619. The van der Waals surface area contributed by atoms with E-state index in [0.717, 1.165) is 18.8 Å². The van der Waals surface area contributed by atoms with Crippen LogP contribution in [0.4, 0.5) is 4.79 Å². The monoisotopic (exact) mass is 270 g/mol. The zero-order chi connectivity index (χ0) is 14.3. The number of urea groups is 1. The second kappa shape index (κ2) is 8.02. The van der Waals surface area contributed by atoms with Crippen LogP contribution in [0.25, 0.3) is 0 Å². The van der Waals surface area contributed by atoms with Gasteiger partial charge in [0, 0.05) is 19.5 Å².